The van der Waals surface area contributed by atoms with Crippen molar-refractivity contribution in [3.8, 4) is 0 Å². The summed E-state index contributed by atoms with van der Waals surface area (Å²) in [6.45, 7) is 9.09. The van der Waals surface area contributed by atoms with Crippen LogP contribution in [-0.2, 0) is 6.42 Å². The minimum Gasteiger partial charge on any atom is -0.316 e. The van der Waals surface area contributed by atoms with E-state index < -0.39 is 0 Å². The maximum atomic E-state index is 3.40. The Labute approximate surface area is 107 Å². The maximum Gasteiger partial charge on any atom is 0.0127 e. The van der Waals surface area contributed by atoms with Crippen molar-refractivity contribution in [1.29, 1.82) is 0 Å². The Hall–Kier alpha value is -0.820. The van der Waals surface area contributed by atoms with Crippen LogP contribution in [0.3, 0.4) is 0 Å². The normalized spacial score (nSPS) is 14.9. The van der Waals surface area contributed by atoms with Gasteiger partial charge < -0.3 is 5.32 Å². The summed E-state index contributed by atoms with van der Waals surface area (Å²) < 4.78 is 0. The third-order valence-corrected chi connectivity index (χ3v) is 3.56. The van der Waals surface area contributed by atoms with E-state index in [0.29, 0.717) is 12.0 Å². The molecule has 17 heavy (non-hydrogen) atoms. The van der Waals surface area contributed by atoms with E-state index in [0.717, 1.165) is 5.92 Å². The molecule has 0 radical (unpaired) electrons. The second kappa shape index (κ2) is 6.80. The lowest BCUT2D eigenvalue weighted by Gasteiger charge is -2.22. The molecule has 96 valence electrons. The van der Waals surface area contributed by atoms with Crippen LogP contribution >= 0.6 is 0 Å². The molecule has 0 bridgehead atoms. The van der Waals surface area contributed by atoms with Crippen molar-refractivity contribution in [2.24, 2.45) is 5.92 Å². The van der Waals surface area contributed by atoms with Gasteiger partial charge in [0.25, 0.3) is 0 Å². The van der Waals surface area contributed by atoms with Crippen LogP contribution in [0.15, 0.2) is 24.3 Å². The number of nitrogens with one attached hydrogen (secondary N) is 1. The zero-order valence-electron chi connectivity index (χ0n) is 12.0. The molecule has 0 aliphatic carbocycles. The minimum atomic E-state index is 0.575. The summed E-state index contributed by atoms with van der Waals surface area (Å²) >= 11 is 0. The zero-order chi connectivity index (χ0) is 12.8. The highest BCUT2D eigenvalue weighted by molar-refractivity contribution is 5.26. The van der Waals surface area contributed by atoms with E-state index in [2.05, 4.69) is 64.3 Å². The fourth-order valence-corrected chi connectivity index (χ4v) is 2.47. The molecule has 0 aromatic heterocycles. The van der Waals surface area contributed by atoms with Gasteiger partial charge in [0.1, 0.15) is 0 Å². The van der Waals surface area contributed by atoms with Gasteiger partial charge in [-0.15, -0.1) is 0 Å². The molecular weight excluding hydrogens is 206 g/mol. The second-order valence-corrected chi connectivity index (χ2v) is 5.43. The lowest BCUT2D eigenvalue weighted by atomic mass is 9.90. The Balaban J connectivity index is 2.72. The van der Waals surface area contributed by atoms with Gasteiger partial charge in [-0.2, -0.15) is 0 Å². The van der Waals surface area contributed by atoms with Crippen molar-refractivity contribution in [1.82, 2.24) is 5.32 Å². The van der Waals surface area contributed by atoms with Gasteiger partial charge in [0.15, 0.2) is 0 Å². The molecule has 0 aliphatic rings. The first-order chi connectivity index (χ1) is 8.08. The smallest absolute Gasteiger partial charge is 0.0127 e. The van der Waals surface area contributed by atoms with Crippen LogP contribution in [0.1, 0.15) is 51.2 Å². The van der Waals surface area contributed by atoms with E-state index in [4.69, 9.17) is 0 Å². The van der Waals surface area contributed by atoms with Crippen molar-refractivity contribution < 1.29 is 0 Å². The Morgan fingerprint density at radius 3 is 2.06 bits per heavy atom. The summed E-state index contributed by atoms with van der Waals surface area (Å²) in [5.41, 5.74) is 2.90. The Morgan fingerprint density at radius 1 is 1.06 bits per heavy atom. The van der Waals surface area contributed by atoms with Gasteiger partial charge in [0.2, 0.25) is 0 Å². The molecule has 1 aromatic carbocycles. The lowest BCUT2D eigenvalue weighted by Crippen LogP contribution is -2.29. The van der Waals surface area contributed by atoms with Gasteiger partial charge in [0.05, 0.1) is 0 Å². The summed E-state index contributed by atoms with van der Waals surface area (Å²) in [6.07, 6.45) is 2.35. The first kappa shape index (κ1) is 14.2. The predicted octanol–water partition coefficient (Wildman–Crippen LogP) is 3.99. The average Bonchev–Trinajstić information content (AvgIpc) is 2.30. The molecule has 1 heteroatoms. The van der Waals surface area contributed by atoms with Gasteiger partial charge in [-0.25, -0.2) is 0 Å². The SMILES string of the molecule is CCC(NC)C(C)c1ccc(CC(C)C)cc1. The number of benzene rings is 1. The van der Waals surface area contributed by atoms with E-state index in [-0.39, 0.29) is 0 Å². The highest BCUT2D eigenvalue weighted by Gasteiger charge is 2.14. The quantitative estimate of drug-likeness (QED) is 0.783. The van der Waals surface area contributed by atoms with Crippen LogP contribution in [0.5, 0.6) is 0 Å². The lowest BCUT2D eigenvalue weighted by molar-refractivity contribution is 0.472. The highest BCUT2D eigenvalue weighted by Crippen LogP contribution is 2.22. The standard InChI is InChI=1S/C16H27N/c1-6-16(17-5)13(4)15-9-7-14(8-10-15)11-12(2)3/h7-10,12-13,16-17H,6,11H2,1-5H3. The molecule has 0 saturated heterocycles. The van der Waals surface area contributed by atoms with Crippen molar-refractivity contribution >= 4 is 0 Å². The van der Waals surface area contributed by atoms with Crippen molar-refractivity contribution in [3.63, 3.8) is 0 Å². The van der Waals surface area contributed by atoms with Gasteiger partial charge in [0, 0.05) is 6.04 Å². The molecule has 2 atom stereocenters. The molecule has 0 fully saturated rings. The molecule has 1 rings (SSSR count). The minimum absolute atomic E-state index is 0.575. The van der Waals surface area contributed by atoms with E-state index in [1.165, 1.54) is 24.0 Å². The molecule has 0 saturated carbocycles. The molecule has 1 aromatic rings. The molecule has 0 amide bonds. The fourth-order valence-electron chi connectivity index (χ4n) is 2.47. The third-order valence-electron chi connectivity index (χ3n) is 3.56. The Kier molecular flexibility index (Phi) is 5.70. The topological polar surface area (TPSA) is 12.0 Å². The molecule has 1 N–H and O–H groups in total. The van der Waals surface area contributed by atoms with Gasteiger partial charge >= 0.3 is 0 Å². The number of likely N-dealkylation sites (N-methyl/N-ethyl adjacent to an activating group) is 1. The Bertz CT molecular complexity index is 309. The van der Waals surface area contributed by atoms with Crippen LogP contribution in [0, 0.1) is 5.92 Å². The largest absolute Gasteiger partial charge is 0.316 e. The van der Waals surface area contributed by atoms with Crippen LogP contribution in [0.2, 0.25) is 0 Å². The summed E-state index contributed by atoms with van der Waals surface area (Å²) in [6, 6.07) is 9.73. The molecule has 2 unspecified atom stereocenters. The van der Waals surface area contributed by atoms with Gasteiger partial charge in [-0.05, 0) is 42.9 Å². The van der Waals surface area contributed by atoms with E-state index in [1.807, 2.05) is 0 Å². The second-order valence-electron chi connectivity index (χ2n) is 5.43. The van der Waals surface area contributed by atoms with Crippen molar-refractivity contribution in [2.75, 3.05) is 7.05 Å². The third kappa shape index (κ3) is 4.16. The van der Waals surface area contributed by atoms with Crippen molar-refractivity contribution in [2.45, 2.75) is 52.5 Å². The molecule has 0 spiro atoms. The van der Waals surface area contributed by atoms with Crippen LogP contribution < -0.4 is 5.32 Å². The molecular formula is C16H27N. The van der Waals surface area contributed by atoms with Gasteiger partial charge in [-0.1, -0.05) is 52.0 Å². The van der Waals surface area contributed by atoms with Crippen LogP contribution in [0.4, 0.5) is 0 Å². The van der Waals surface area contributed by atoms with Crippen LogP contribution in [-0.4, -0.2) is 13.1 Å². The maximum absolute atomic E-state index is 3.40. The van der Waals surface area contributed by atoms with E-state index in [9.17, 15) is 0 Å². The summed E-state index contributed by atoms with van der Waals surface area (Å²) in [7, 11) is 2.05. The van der Waals surface area contributed by atoms with E-state index >= 15 is 0 Å². The molecule has 0 heterocycles. The Morgan fingerprint density at radius 2 is 1.65 bits per heavy atom. The molecule has 1 nitrogen and oxygen atoms in total. The first-order valence-electron chi connectivity index (χ1n) is 6.84. The summed E-state index contributed by atoms with van der Waals surface area (Å²) in [5.74, 6) is 1.32. The number of hydrogen-bond donors (Lipinski definition) is 1. The first-order valence-corrected chi connectivity index (χ1v) is 6.84. The monoisotopic (exact) mass is 233 g/mol. The summed E-state index contributed by atoms with van der Waals surface area (Å²) in [4.78, 5) is 0. The fraction of sp³-hybridized carbons (Fsp3) is 0.625. The summed E-state index contributed by atoms with van der Waals surface area (Å²) in [5, 5.41) is 3.40. The van der Waals surface area contributed by atoms with E-state index in [1.54, 1.807) is 0 Å². The number of hydrogen-bond acceptors (Lipinski definition) is 1. The molecule has 0 aliphatic heterocycles. The average molecular weight is 233 g/mol. The van der Waals surface area contributed by atoms with Crippen molar-refractivity contribution in [3.05, 3.63) is 35.4 Å². The van der Waals surface area contributed by atoms with Gasteiger partial charge in [-0.3, -0.25) is 0 Å². The highest BCUT2D eigenvalue weighted by atomic mass is 14.9. The zero-order valence-corrected chi connectivity index (χ0v) is 12.0. The number of rotatable bonds is 6. The van der Waals surface area contributed by atoms with Crippen LogP contribution in [0.25, 0.3) is 0 Å². The predicted molar refractivity (Wildman–Crippen MR) is 76.5 cm³/mol.